The summed E-state index contributed by atoms with van der Waals surface area (Å²) < 4.78 is 0. The van der Waals surface area contributed by atoms with Gasteiger partial charge in [0.2, 0.25) is 0 Å². The summed E-state index contributed by atoms with van der Waals surface area (Å²) in [5, 5.41) is 15.2. The number of rotatable bonds is 5. The van der Waals surface area contributed by atoms with Crippen molar-refractivity contribution >= 4 is 17.4 Å². The van der Waals surface area contributed by atoms with Crippen molar-refractivity contribution in [3.05, 3.63) is 21.4 Å². The highest BCUT2D eigenvalue weighted by Crippen LogP contribution is 2.39. The molecule has 0 aliphatic heterocycles. The molecule has 1 atom stereocenters. The monoisotopic (exact) mass is 282 g/mol. The van der Waals surface area contributed by atoms with Gasteiger partial charge in [-0.15, -0.1) is 11.3 Å². The van der Waals surface area contributed by atoms with E-state index in [9.17, 15) is 9.90 Å². The van der Waals surface area contributed by atoms with E-state index < -0.39 is 5.54 Å². The molecule has 106 valence electrons. The fourth-order valence-electron chi connectivity index (χ4n) is 2.33. The molecule has 2 amide bonds. The largest absolute Gasteiger partial charge is 0.394 e. The second kappa shape index (κ2) is 5.51. The fraction of sp³-hybridized carbons (Fsp3) is 0.643. The molecule has 0 aromatic carbocycles. The summed E-state index contributed by atoms with van der Waals surface area (Å²) in [6.07, 6.45) is 2.17. The lowest BCUT2D eigenvalue weighted by molar-refractivity contribution is 0.155. The first-order chi connectivity index (χ1) is 8.94. The topological polar surface area (TPSA) is 61.4 Å². The smallest absolute Gasteiger partial charge is 0.315 e. The number of nitrogens with one attached hydrogen (secondary N) is 2. The van der Waals surface area contributed by atoms with E-state index in [0.717, 1.165) is 18.4 Å². The predicted molar refractivity (Wildman–Crippen MR) is 77.4 cm³/mol. The number of thiophene rings is 1. The molecule has 1 heterocycles. The molecule has 1 saturated carbocycles. The quantitative estimate of drug-likeness (QED) is 0.776. The first kappa shape index (κ1) is 14.3. The Bertz CT molecular complexity index is 468. The maximum absolute atomic E-state index is 11.9. The molecule has 1 aliphatic rings. The number of carbonyl (C=O) groups is 1. The van der Waals surface area contributed by atoms with Crippen molar-refractivity contribution in [1.29, 1.82) is 0 Å². The minimum absolute atomic E-state index is 0.0122. The average Bonchev–Trinajstić information content (AvgIpc) is 3.14. The summed E-state index contributed by atoms with van der Waals surface area (Å²) >= 11 is 1.74. The highest BCUT2D eigenvalue weighted by atomic mass is 32.1. The first-order valence-corrected chi connectivity index (χ1v) is 7.49. The van der Waals surface area contributed by atoms with Crippen LogP contribution in [0.5, 0.6) is 0 Å². The molecular formula is C14H22N2O2S. The van der Waals surface area contributed by atoms with Gasteiger partial charge in [0.25, 0.3) is 0 Å². The Balaban J connectivity index is 1.86. The zero-order chi connectivity index (χ0) is 14.0. The summed E-state index contributed by atoms with van der Waals surface area (Å²) in [7, 11) is 0. The number of urea groups is 1. The van der Waals surface area contributed by atoms with Gasteiger partial charge in [-0.1, -0.05) is 0 Å². The van der Waals surface area contributed by atoms with Gasteiger partial charge in [0.1, 0.15) is 0 Å². The van der Waals surface area contributed by atoms with Crippen LogP contribution in [0.3, 0.4) is 0 Å². The van der Waals surface area contributed by atoms with E-state index in [-0.39, 0.29) is 12.6 Å². The number of hydrogen-bond acceptors (Lipinski definition) is 3. The van der Waals surface area contributed by atoms with Crippen LogP contribution in [0.4, 0.5) is 4.79 Å². The molecule has 1 aliphatic carbocycles. The van der Waals surface area contributed by atoms with E-state index in [1.165, 1.54) is 9.75 Å². The highest BCUT2D eigenvalue weighted by Gasteiger charge is 2.42. The van der Waals surface area contributed by atoms with Crippen molar-refractivity contribution < 1.29 is 9.90 Å². The molecule has 5 heteroatoms. The molecular weight excluding hydrogens is 260 g/mol. The second-order valence-corrected chi connectivity index (χ2v) is 7.06. The molecule has 2 rings (SSSR count). The van der Waals surface area contributed by atoms with Crippen molar-refractivity contribution in [2.24, 2.45) is 5.92 Å². The maximum atomic E-state index is 11.9. The predicted octanol–water partition coefficient (Wildman–Crippen LogP) is 2.33. The Kier molecular flexibility index (Phi) is 4.16. The Labute approximate surface area is 118 Å². The number of carbonyl (C=O) groups excluding carboxylic acids is 1. The maximum Gasteiger partial charge on any atom is 0.315 e. The zero-order valence-corrected chi connectivity index (χ0v) is 12.6. The number of hydrogen-bond donors (Lipinski definition) is 3. The van der Waals surface area contributed by atoms with Crippen LogP contribution in [0.1, 0.15) is 35.1 Å². The molecule has 1 aromatic rings. The van der Waals surface area contributed by atoms with Gasteiger partial charge in [-0.3, -0.25) is 0 Å². The Morgan fingerprint density at radius 3 is 2.68 bits per heavy atom. The summed E-state index contributed by atoms with van der Waals surface area (Å²) in [5.74, 6) is 0.411. The molecule has 0 bridgehead atoms. The van der Waals surface area contributed by atoms with E-state index in [0.29, 0.717) is 12.5 Å². The van der Waals surface area contributed by atoms with Crippen LogP contribution >= 0.6 is 11.3 Å². The standard InChI is InChI=1S/C14H22N2O2S/c1-9-6-11(10(2)19-9)7-15-13(18)16-14(3,8-17)12-4-5-12/h6,12,17H,4-5,7-8H2,1-3H3,(H2,15,16,18)/t14-/m1/s1. The normalized spacial score (nSPS) is 17.9. The van der Waals surface area contributed by atoms with Crippen molar-refractivity contribution in [3.63, 3.8) is 0 Å². The van der Waals surface area contributed by atoms with Crippen LogP contribution < -0.4 is 10.6 Å². The van der Waals surface area contributed by atoms with Gasteiger partial charge in [0.05, 0.1) is 12.1 Å². The Morgan fingerprint density at radius 2 is 2.21 bits per heavy atom. The third kappa shape index (κ3) is 3.48. The lowest BCUT2D eigenvalue weighted by atomic mass is 9.97. The van der Waals surface area contributed by atoms with Gasteiger partial charge in [-0.05, 0) is 51.2 Å². The van der Waals surface area contributed by atoms with Crippen LogP contribution in [-0.4, -0.2) is 23.3 Å². The molecule has 4 nitrogen and oxygen atoms in total. The lowest BCUT2D eigenvalue weighted by Gasteiger charge is -2.28. The van der Waals surface area contributed by atoms with E-state index in [4.69, 9.17) is 0 Å². The summed E-state index contributed by atoms with van der Waals surface area (Å²) in [6, 6.07) is 1.90. The second-order valence-electron chi connectivity index (χ2n) is 5.60. The van der Waals surface area contributed by atoms with Gasteiger partial charge >= 0.3 is 6.03 Å². The van der Waals surface area contributed by atoms with Gasteiger partial charge in [-0.2, -0.15) is 0 Å². The molecule has 1 fully saturated rings. The third-order valence-electron chi connectivity index (χ3n) is 3.79. The molecule has 0 saturated heterocycles. The first-order valence-electron chi connectivity index (χ1n) is 6.67. The molecule has 3 N–H and O–H groups in total. The Morgan fingerprint density at radius 1 is 1.53 bits per heavy atom. The molecule has 0 radical (unpaired) electrons. The molecule has 0 unspecified atom stereocenters. The minimum Gasteiger partial charge on any atom is -0.394 e. The van der Waals surface area contributed by atoms with Crippen molar-refractivity contribution in [2.75, 3.05) is 6.61 Å². The van der Waals surface area contributed by atoms with Gasteiger partial charge in [-0.25, -0.2) is 4.79 Å². The number of aliphatic hydroxyl groups excluding tert-OH is 1. The highest BCUT2D eigenvalue weighted by molar-refractivity contribution is 7.12. The molecule has 0 spiro atoms. The molecule has 19 heavy (non-hydrogen) atoms. The van der Waals surface area contributed by atoms with Gasteiger partial charge < -0.3 is 15.7 Å². The van der Waals surface area contributed by atoms with Crippen molar-refractivity contribution in [2.45, 2.75) is 45.7 Å². The number of aliphatic hydroxyl groups is 1. The van der Waals surface area contributed by atoms with Crippen LogP contribution in [0.25, 0.3) is 0 Å². The summed E-state index contributed by atoms with van der Waals surface area (Å²) in [4.78, 5) is 14.4. The molecule has 1 aromatic heterocycles. The average molecular weight is 282 g/mol. The zero-order valence-electron chi connectivity index (χ0n) is 11.7. The lowest BCUT2D eigenvalue weighted by Crippen LogP contribution is -2.53. The number of aryl methyl sites for hydroxylation is 2. The van der Waals surface area contributed by atoms with E-state index in [1.54, 1.807) is 11.3 Å². The SMILES string of the molecule is Cc1cc(CNC(=O)N[C@](C)(CO)C2CC2)c(C)s1. The summed E-state index contributed by atoms with van der Waals surface area (Å²) in [6.45, 7) is 6.56. The van der Waals surface area contributed by atoms with Crippen molar-refractivity contribution in [1.82, 2.24) is 10.6 Å². The number of amides is 2. The Hall–Kier alpha value is -1.07. The van der Waals surface area contributed by atoms with Crippen LogP contribution in [0.15, 0.2) is 6.07 Å². The van der Waals surface area contributed by atoms with Crippen molar-refractivity contribution in [3.8, 4) is 0 Å². The summed E-state index contributed by atoms with van der Waals surface area (Å²) in [5.41, 5.74) is 0.679. The third-order valence-corrected chi connectivity index (χ3v) is 4.80. The van der Waals surface area contributed by atoms with Crippen LogP contribution in [0, 0.1) is 19.8 Å². The van der Waals surface area contributed by atoms with Gasteiger partial charge in [0, 0.05) is 16.3 Å². The van der Waals surface area contributed by atoms with E-state index in [2.05, 4.69) is 30.5 Å². The van der Waals surface area contributed by atoms with Crippen LogP contribution in [0.2, 0.25) is 0 Å². The van der Waals surface area contributed by atoms with E-state index in [1.807, 2.05) is 6.92 Å². The minimum atomic E-state index is -0.482. The van der Waals surface area contributed by atoms with Crippen LogP contribution in [-0.2, 0) is 6.54 Å². The van der Waals surface area contributed by atoms with Gasteiger partial charge in [0.15, 0.2) is 0 Å². The fourth-order valence-corrected chi connectivity index (χ4v) is 3.28. The van der Waals surface area contributed by atoms with E-state index >= 15 is 0 Å².